The van der Waals surface area contributed by atoms with Crippen molar-refractivity contribution in [3.05, 3.63) is 76.6 Å². The Morgan fingerprint density at radius 2 is 1.53 bits per heavy atom. The number of carbonyl (C=O) groups excluding carboxylic acids is 4. The van der Waals surface area contributed by atoms with Crippen LogP contribution in [-0.4, -0.2) is 51.0 Å². The largest absolute Gasteiger partial charge is 0.454 e. The van der Waals surface area contributed by atoms with Crippen LogP contribution in [-0.2, 0) is 14.3 Å². The first kappa shape index (κ1) is 24.8. The highest BCUT2D eigenvalue weighted by Crippen LogP contribution is 2.28. The van der Waals surface area contributed by atoms with Crippen molar-refractivity contribution in [2.24, 2.45) is 5.92 Å². The number of ether oxygens (including phenoxy) is 1. The molecule has 2 heterocycles. The van der Waals surface area contributed by atoms with Crippen molar-refractivity contribution in [2.45, 2.75) is 40.7 Å². The number of nitrogens with one attached hydrogen (secondary N) is 1. The molecule has 0 bridgehead atoms. The molecule has 1 atom stereocenters. The van der Waals surface area contributed by atoms with E-state index in [4.69, 9.17) is 4.74 Å². The lowest BCUT2D eigenvalue weighted by molar-refractivity contribution is -0.152. The van der Waals surface area contributed by atoms with E-state index in [9.17, 15) is 19.2 Å². The van der Waals surface area contributed by atoms with Crippen LogP contribution in [0.5, 0.6) is 0 Å². The smallest absolute Gasteiger partial charge is 0.330 e. The fourth-order valence-electron chi connectivity index (χ4n) is 4.29. The minimum atomic E-state index is -1.15. The van der Waals surface area contributed by atoms with Gasteiger partial charge in [-0.2, -0.15) is 5.10 Å². The van der Waals surface area contributed by atoms with E-state index >= 15 is 0 Å². The molecule has 0 unspecified atom stereocenters. The van der Waals surface area contributed by atoms with Gasteiger partial charge in [-0.15, -0.1) is 0 Å². The maximum absolute atomic E-state index is 13.0. The highest BCUT2D eigenvalue weighted by Gasteiger charge is 2.44. The summed E-state index contributed by atoms with van der Waals surface area (Å²) in [5.74, 6) is -2.89. The molecule has 0 aliphatic carbocycles. The zero-order valence-corrected chi connectivity index (χ0v) is 20.9. The number of amides is 3. The van der Waals surface area contributed by atoms with Crippen LogP contribution in [0.25, 0.3) is 5.69 Å². The van der Waals surface area contributed by atoms with Crippen molar-refractivity contribution >= 4 is 29.4 Å². The molecule has 3 aromatic rings. The molecule has 36 heavy (non-hydrogen) atoms. The van der Waals surface area contributed by atoms with Crippen LogP contribution in [0.4, 0.5) is 5.69 Å². The van der Waals surface area contributed by atoms with Gasteiger partial charge < -0.3 is 10.1 Å². The third-order valence-electron chi connectivity index (χ3n) is 6.16. The Bertz CT molecular complexity index is 1320. The molecule has 1 aliphatic heterocycles. The monoisotopic (exact) mass is 488 g/mol. The van der Waals surface area contributed by atoms with Gasteiger partial charge >= 0.3 is 5.97 Å². The van der Waals surface area contributed by atoms with Gasteiger partial charge in [-0.3, -0.25) is 19.3 Å². The quantitative estimate of drug-likeness (QED) is 0.402. The van der Waals surface area contributed by atoms with Gasteiger partial charge in [-0.05, 0) is 51.0 Å². The number of esters is 1. The summed E-state index contributed by atoms with van der Waals surface area (Å²) in [6.45, 7) is 8.45. The van der Waals surface area contributed by atoms with E-state index in [0.29, 0.717) is 11.4 Å². The second kappa shape index (κ2) is 9.77. The van der Waals surface area contributed by atoms with E-state index < -0.39 is 42.3 Å². The first-order chi connectivity index (χ1) is 17.1. The average Bonchev–Trinajstić information content (AvgIpc) is 3.26. The Kier molecular flexibility index (Phi) is 6.74. The summed E-state index contributed by atoms with van der Waals surface area (Å²) in [6, 6.07) is 13.1. The van der Waals surface area contributed by atoms with Gasteiger partial charge in [-0.1, -0.05) is 43.7 Å². The van der Waals surface area contributed by atoms with Crippen molar-refractivity contribution in [1.29, 1.82) is 0 Å². The summed E-state index contributed by atoms with van der Waals surface area (Å²) in [5.41, 5.74) is 4.33. The number of rotatable bonds is 7. The number of hydrogen-bond acceptors (Lipinski definition) is 6. The van der Waals surface area contributed by atoms with E-state index in [0.717, 1.165) is 21.8 Å². The number of nitrogens with zero attached hydrogens (tertiary/aromatic N) is 3. The van der Waals surface area contributed by atoms with Crippen LogP contribution < -0.4 is 5.32 Å². The minimum Gasteiger partial charge on any atom is -0.454 e. The maximum atomic E-state index is 13.0. The molecular weight excluding hydrogens is 460 g/mol. The number of hydrogen-bond donors (Lipinski definition) is 1. The molecule has 4 rings (SSSR count). The SMILES string of the molecule is Cc1ccc(-n2nc(C)c(NC(=O)COC(=O)[C@H](C(C)C)N3C(=O)c4ccccc4C3=O)c2C)cc1. The summed E-state index contributed by atoms with van der Waals surface area (Å²) in [5, 5.41) is 7.27. The first-order valence-corrected chi connectivity index (χ1v) is 11.7. The van der Waals surface area contributed by atoms with Crippen LogP contribution in [0.1, 0.15) is 51.5 Å². The second-order valence-electron chi connectivity index (χ2n) is 9.16. The fraction of sp³-hybridized carbons (Fsp3) is 0.296. The summed E-state index contributed by atoms with van der Waals surface area (Å²) in [4.78, 5) is 52.3. The van der Waals surface area contributed by atoms with Crippen LogP contribution in [0.3, 0.4) is 0 Å². The number of anilines is 1. The maximum Gasteiger partial charge on any atom is 0.330 e. The Hall–Kier alpha value is -4.27. The molecule has 0 radical (unpaired) electrons. The van der Waals surface area contributed by atoms with Gasteiger partial charge in [0.05, 0.1) is 33.9 Å². The molecule has 9 nitrogen and oxygen atoms in total. The lowest BCUT2D eigenvalue weighted by Gasteiger charge is -2.27. The molecule has 0 saturated heterocycles. The third-order valence-corrected chi connectivity index (χ3v) is 6.16. The Morgan fingerprint density at radius 1 is 0.944 bits per heavy atom. The van der Waals surface area contributed by atoms with Crippen molar-refractivity contribution < 1.29 is 23.9 Å². The van der Waals surface area contributed by atoms with E-state index in [-0.39, 0.29) is 11.1 Å². The summed E-state index contributed by atoms with van der Waals surface area (Å²) in [7, 11) is 0. The van der Waals surface area contributed by atoms with Gasteiger partial charge in [-0.25, -0.2) is 9.48 Å². The lowest BCUT2D eigenvalue weighted by Crippen LogP contribution is -2.49. The number of fused-ring (bicyclic) bond motifs is 1. The zero-order chi connectivity index (χ0) is 26.1. The van der Waals surface area contributed by atoms with E-state index in [2.05, 4.69) is 10.4 Å². The van der Waals surface area contributed by atoms with Crippen molar-refractivity contribution in [1.82, 2.24) is 14.7 Å². The molecule has 9 heteroatoms. The molecule has 2 aromatic carbocycles. The third kappa shape index (κ3) is 4.51. The molecule has 0 spiro atoms. The van der Waals surface area contributed by atoms with E-state index in [1.54, 1.807) is 49.7 Å². The lowest BCUT2D eigenvalue weighted by atomic mass is 10.0. The number of aryl methyl sites for hydroxylation is 2. The predicted octanol–water partition coefficient (Wildman–Crippen LogP) is 3.60. The molecule has 0 saturated carbocycles. The Morgan fingerprint density at radius 3 is 2.08 bits per heavy atom. The molecular formula is C27H28N4O5. The highest BCUT2D eigenvalue weighted by molar-refractivity contribution is 6.22. The predicted molar refractivity (Wildman–Crippen MR) is 133 cm³/mol. The normalized spacial score (nSPS) is 13.7. The van der Waals surface area contributed by atoms with Gasteiger partial charge in [0.15, 0.2) is 6.61 Å². The highest BCUT2D eigenvalue weighted by atomic mass is 16.5. The van der Waals surface area contributed by atoms with Crippen molar-refractivity contribution in [3.63, 3.8) is 0 Å². The zero-order valence-electron chi connectivity index (χ0n) is 20.9. The number of aromatic nitrogens is 2. The van der Waals surface area contributed by atoms with Gasteiger partial charge in [0.2, 0.25) is 0 Å². The summed E-state index contributed by atoms with van der Waals surface area (Å²) >= 11 is 0. The van der Waals surface area contributed by atoms with Crippen molar-refractivity contribution in [2.75, 3.05) is 11.9 Å². The standard InChI is InChI=1S/C27H28N4O5/c1-15(2)24(30-25(33)20-8-6-7-9-21(20)26(30)34)27(35)36-14-22(32)28-23-17(4)29-31(18(23)5)19-12-10-16(3)11-13-19/h6-13,15,24H,14H2,1-5H3,(H,28,32)/t24-/m0/s1. The number of carbonyl (C=O) groups is 4. The van der Waals surface area contributed by atoms with Crippen LogP contribution in [0.2, 0.25) is 0 Å². The molecule has 3 amide bonds. The molecule has 1 N–H and O–H groups in total. The molecule has 1 aliphatic rings. The topological polar surface area (TPSA) is 111 Å². The Labute approximate surface area is 209 Å². The van der Waals surface area contributed by atoms with Gasteiger partial charge in [0.25, 0.3) is 17.7 Å². The number of benzene rings is 2. The van der Waals surface area contributed by atoms with Crippen LogP contribution in [0.15, 0.2) is 48.5 Å². The number of imide groups is 1. The van der Waals surface area contributed by atoms with Gasteiger partial charge in [0, 0.05) is 0 Å². The van der Waals surface area contributed by atoms with E-state index in [1.165, 1.54) is 0 Å². The Balaban J connectivity index is 1.44. The minimum absolute atomic E-state index is 0.246. The summed E-state index contributed by atoms with van der Waals surface area (Å²) < 4.78 is 7.00. The first-order valence-electron chi connectivity index (χ1n) is 11.7. The van der Waals surface area contributed by atoms with Gasteiger partial charge in [0.1, 0.15) is 6.04 Å². The second-order valence-corrected chi connectivity index (χ2v) is 9.16. The molecule has 186 valence electrons. The average molecular weight is 489 g/mol. The van der Waals surface area contributed by atoms with Crippen LogP contribution >= 0.6 is 0 Å². The fourth-order valence-corrected chi connectivity index (χ4v) is 4.29. The van der Waals surface area contributed by atoms with Crippen LogP contribution in [0, 0.1) is 26.7 Å². The molecule has 1 aromatic heterocycles. The molecule has 0 fully saturated rings. The van der Waals surface area contributed by atoms with E-state index in [1.807, 2.05) is 38.1 Å². The summed E-state index contributed by atoms with van der Waals surface area (Å²) in [6.07, 6.45) is 0. The van der Waals surface area contributed by atoms with Crippen molar-refractivity contribution in [3.8, 4) is 5.69 Å².